The molecule has 0 unspecified atom stereocenters. The minimum atomic E-state index is 0.316. The first-order valence-corrected chi connectivity index (χ1v) is 12.0. The van der Waals surface area contributed by atoms with Gasteiger partial charge in [0.15, 0.2) is 5.82 Å². The fraction of sp³-hybridized carbons (Fsp3) is 0.250. The predicted molar refractivity (Wildman–Crippen MR) is 138 cm³/mol. The monoisotopic (exact) mass is 509 g/mol. The third kappa shape index (κ3) is 5.00. The molecule has 0 radical (unpaired) electrons. The van der Waals surface area contributed by atoms with Crippen LogP contribution in [0, 0.1) is 0 Å². The molecule has 0 bridgehead atoms. The van der Waals surface area contributed by atoms with Crippen molar-refractivity contribution < 1.29 is 0 Å². The van der Waals surface area contributed by atoms with Gasteiger partial charge in [0, 0.05) is 51.2 Å². The number of nitrogens with two attached hydrogens (primary N) is 2. The van der Waals surface area contributed by atoms with Crippen molar-refractivity contribution in [1.29, 1.82) is 0 Å². The van der Waals surface area contributed by atoms with Crippen molar-refractivity contribution in [3.8, 4) is 28.2 Å². The molecular formula is C24H25Cl2N9. The Morgan fingerprint density at radius 3 is 2.40 bits per heavy atom. The van der Waals surface area contributed by atoms with E-state index in [1.165, 1.54) is 10.2 Å². The highest BCUT2D eigenvalue weighted by atomic mass is 35.5. The number of anilines is 1. The molecule has 1 fully saturated rings. The van der Waals surface area contributed by atoms with Gasteiger partial charge in [-0.05, 0) is 39.8 Å². The fourth-order valence-corrected chi connectivity index (χ4v) is 4.55. The molecule has 0 saturated carbocycles. The summed E-state index contributed by atoms with van der Waals surface area (Å²) in [5.74, 6) is 0.741. The maximum absolute atomic E-state index is 6.40. The van der Waals surface area contributed by atoms with Crippen molar-refractivity contribution in [3.05, 3.63) is 70.3 Å². The van der Waals surface area contributed by atoms with Gasteiger partial charge in [-0.15, -0.1) is 5.10 Å². The van der Waals surface area contributed by atoms with Crippen molar-refractivity contribution in [2.24, 2.45) is 5.73 Å². The van der Waals surface area contributed by atoms with Crippen molar-refractivity contribution >= 4 is 29.0 Å². The summed E-state index contributed by atoms with van der Waals surface area (Å²) in [6.45, 7) is 5.60. The molecule has 1 aliphatic rings. The van der Waals surface area contributed by atoms with Crippen LogP contribution >= 0.6 is 23.2 Å². The van der Waals surface area contributed by atoms with E-state index in [1.54, 1.807) is 24.4 Å². The van der Waals surface area contributed by atoms with Crippen LogP contribution in [-0.2, 0) is 6.54 Å². The van der Waals surface area contributed by atoms with Crippen LogP contribution in [-0.4, -0.2) is 67.8 Å². The number of hydrogen-bond donors (Lipinski definition) is 2. The first kappa shape index (κ1) is 23.7. The summed E-state index contributed by atoms with van der Waals surface area (Å²) in [6, 6.07) is 15.7. The van der Waals surface area contributed by atoms with Gasteiger partial charge in [-0.2, -0.15) is 4.68 Å². The molecule has 35 heavy (non-hydrogen) atoms. The average Bonchev–Trinajstić information content (AvgIpc) is 3.36. The lowest BCUT2D eigenvalue weighted by molar-refractivity contribution is 0.129. The van der Waals surface area contributed by atoms with Crippen LogP contribution in [0.3, 0.4) is 0 Å². The molecule has 1 aliphatic heterocycles. The Hall–Kier alpha value is -3.08. The van der Waals surface area contributed by atoms with Crippen LogP contribution in [0.5, 0.6) is 0 Å². The zero-order valence-corrected chi connectivity index (χ0v) is 20.5. The second-order valence-corrected chi connectivity index (χ2v) is 9.20. The molecule has 9 nitrogen and oxygen atoms in total. The summed E-state index contributed by atoms with van der Waals surface area (Å²) in [5, 5.41) is 12.9. The zero-order chi connectivity index (χ0) is 24.4. The third-order valence-corrected chi connectivity index (χ3v) is 7.01. The largest absolute Gasteiger partial charge is 0.383 e. The first-order chi connectivity index (χ1) is 17.0. The summed E-state index contributed by atoms with van der Waals surface area (Å²) in [7, 11) is 0. The smallest absolute Gasteiger partial charge is 0.190 e. The minimum Gasteiger partial charge on any atom is -0.383 e. The van der Waals surface area contributed by atoms with Gasteiger partial charge in [0.2, 0.25) is 0 Å². The Morgan fingerprint density at radius 1 is 0.914 bits per heavy atom. The molecule has 0 spiro atoms. The Morgan fingerprint density at radius 2 is 1.66 bits per heavy atom. The summed E-state index contributed by atoms with van der Waals surface area (Å²) in [6.07, 6.45) is 1.75. The lowest BCUT2D eigenvalue weighted by Gasteiger charge is -2.33. The number of nitrogen functional groups attached to an aromatic ring is 1. The maximum atomic E-state index is 6.40. The van der Waals surface area contributed by atoms with Crippen molar-refractivity contribution in [3.63, 3.8) is 0 Å². The van der Waals surface area contributed by atoms with Gasteiger partial charge in [0.05, 0.1) is 21.3 Å². The summed E-state index contributed by atoms with van der Waals surface area (Å²) in [5.41, 5.74) is 16.3. The van der Waals surface area contributed by atoms with E-state index in [1.807, 2.05) is 6.07 Å². The van der Waals surface area contributed by atoms with Crippen molar-refractivity contribution in [2.45, 2.75) is 6.54 Å². The fourth-order valence-electron chi connectivity index (χ4n) is 4.18. The highest BCUT2D eigenvalue weighted by Crippen LogP contribution is 2.33. The molecule has 2 aromatic carbocycles. The molecule has 0 amide bonds. The highest BCUT2D eigenvalue weighted by molar-refractivity contribution is 6.43. The second-order valence-electron chi connectivity index (χ2n) is 8.42. The summed E-state index contributed by atoms with van der Waals surface area (Å²) in [4.78, 5) is 9.12. The Kier molecular flexibility index (Phi) is 6.94. The molecule has 180 valence electrons. The minimum absolute atomic E-state index is 0.316. The molecular weight excluding hydrogens is 485 g/mol. The van der Waals surface area contributed by atoms with Crippen LogP contribution in [0.25, 0.3) is 28.2 Å². The number of aromatic nitrogens is 5. The van der Waals surface area contributed by atoms with Crippen LogP contribution < -0.4 is 11.5 Å². The number of pyridine rings is 1. The number of benzene rings is 2. The topological polar surface area (TPSA) is 115 Å². The second kappa shape index (κ2) is 10.3. The Balaban J connectivity index is 1.39. The van der Waals surface area contributed by atoms with Gasteiger partial charge in [0.25, 0.3) is 0 Å². The quantitative estimate of drug-likeness (QED) is 0.406. The van der Waals surface area contributed by atoms with Gasteiger partial charge >= 0.3 is 0 Å². The van der Waals surface area contributed by atoms with E-state index < -0.39 is 0 Å². The number of hydrogen-bond acceptors (Lipinski definition) is 8. The van der Waals surface area contributed by atoms with Crippen molar-refractivity contribution in [2.75, 3.05) is 38.6 Å². The van der Waals surface area contributed by atoms with E-state index in [2.05, 4.69) is 54.6 Å². The van der Waals surface area contributed by atoms with Gasteiger partial charge in [-0.1, -0.05) is 53.5 Å². The highest BCUT2D eigenvalue weighted by Gasteiger charge is 2.19. The summed E-state index contributed by atoms with van der Waals surface area (Å²) < 4.78 is 1.51. The maximum Gasteiger partial charge on any atom is 0.190 e. The molecule has 2 aromatic heterocycles. The number of tetrazole rings is 1. The van der Waals surface area contributed by atoms with E-state index in [4.69, 9.17) is 34.7 Å². The van der Waals surface area contributed by atoms with Crippen LogP contribution in [0.2, 0.25) is 10.0 Å². The lowest BCUT2D eigenvalue weighted by atomic mass is 10.0. The van der Waals surface area contributed by atoms with E-state index >= 15 is 0 Å². The van der Waals surface area contributed by atoms with Gasteiger partial charge in [-0.25, -0.2) is 4.98 Å². The number of piperazine rings is 1. The normalized spacial score (nSPS) is 14.9. The average molecular weight is 510 g/mol. The van der Waals surface area contributed by atoms with Crippen LogP contribution in [0.1, 0.15) is 5.56 Å². The van der Waals surface area contributed by atoms with E-state index in [-0.39, 0.29) is 0 Å². The van der Waals surface area contributed by atoms with Gasteiger partial charge < -0.3 is 11.5 Å². The van der Waals surface area contributed by atoms with E-state index in [0.29, 0.717) is 39.6 Å². The Labute approximate surface area is 213 Å². The van der Waals surface area contributed by atoms with Crippen LogP contribution in [0.4, 0.5) is 5.82 Å². The molecule has 4 aromatic rings. The number of rotatable bonds is 6. The SMILES string of the molecule is NCN1CCN(Cc2ccc(-c3cnc(N)c(-c4nnnn4-c4cccc(Cl)c4Cl)c3)cc2)CC1. The molecule has 0 aliphatic carbocycles. The van der Waals surface area contributed by atoms with Crippen molar-refractivity contribution in [1.82, 2.24) is 35.0 Å². The first-order valence-electron chi connectivity index (χ1n) is 11.3. The molecule has 1 saturated heterocycles. The standard InChI is InChI=1S/C24H25Cl2N9/c25-20-2-1-3-21(22(20)26)35-24(30-31-32-35)19-12-18(13-29-23(19)28)17-6-4-16(5-7-17)14-33-8-10-34(15-27)11-9-33/h1-7,12-13H,8-11,14-15,27H2,(H2,28,29). The molecule has 0 atom stereocenters. The van der Waals surface area contributed by atoms with Crippen LogP contribution in [0.15, 0.2) is 54.7 Å². The van der Waals surface area contributed by atoms with E-state index in [9.17, 15) is 0 Å². The number of halogens is 2. The van der Waals surface area contributed by atoms with Gasteiger partial charge in [-0.3, -0.25) is 9.80 Å². The molecule has 11 heteroatoms. The van der Waals surface area contributed by atoms with Gasteiger partial charge in [0.1, 0.15) is 5.82 Å². The summed E-state index contributed by atoms with van der Waals surface area (Å²) >= 11 is 12.6. The van der Waals surface area contributed by atoms with E-state index in [0.717, 1.165) is 43.9 Å². The predicted octanol–water partition coefficient (Wildman–Crippen LogP) is 3.31. The molecule has 5 rings (SSSR count). The number of nitrogens with zero attached hydrogens (tertiary/aromatic N) is 7. The third-order valence-electron chi connectivity index (χ3n) is 6.20. The molecule has 3 heterocycles. The zero-order valence-electron chi connectivity index (χ0n) is 19.0. The lowest BCUT2D eigenvalue weighted by Crippen LogP contribution is -2.47. The molecule has 4 N–H and O–H groups in total. The Bertz CT molecular complexity index is 1320.